The van der Waals surface area contributed by atoms with Gasteiger partial charge in [0.25, 0.3) is 0 Å². The molecule has 0 spiro atoms. The van der Waals surface area contributed by atoms with Crippen molar-refractivity contribution in [1.82, 2.24) is 24.7 Å². The summed E-state index contributed by atoms with van der Waals surface area (Å²) < 4.78 is 15.5. The average Bonchev–Trinajstić information content (AvgIpc) is 3.18. The average molecular weight is 376 g/mol. The maximum atomic E-state index is 13.8. The fourth-order valence-corrected chi connectivity index (χ4v) is 3.40. The summed E-state index contributed by atoms with van der Waals surface area (Å²) in [5, 5.41) is 12.4. The summed E-state index contributed by atoms with van der Waals surface area (Å²) in [6, 6.07) is 8.99. The van der Waals surface area contributed by atoms with Crippen molar-refractivity contribution in [3.8, 4) is 11.8 Å². The standard InChI is InChI=1S/C21H21FN6/c1-3-4-18-14-17(5-6-19(18)22)13-16(2)26-9-11-27(12-10-26)21-8-7-20-24-23-15-28(20)25-21/h5-8,14-15H,2,9-13H2,1H3. The second-order valence-corrected chi connectivity index (χ2v) is 6.73. The highest BCUT2D eigenvalue weighted by molar-refractivity contribution is 5.45. The maximum absolute atomic E-state index is 13.8. The van der Waals surface area contributed by atoms with Crippen LogP contribution in [0.25, 0.3) is 5.65 Å². The van der Waals surface area contributed by atoms with Crippen molar-refractivity contribution in [3.05, 3.63) is 65.9 Å². The van der Waals surface area contributed by atoms with Crippen LogP contribution >= 0.6 is 0 Å². The lowest BCUT2D eigenvalue weighted by molar-refractivity contribution is 0.315. The predicted molar refractivity (Wildman–Crippen MR) is 106 cm³/mol. The molecule has 28 heavy (non-hydrogen) atoms. The molecule has 0 atom stereocenters. The van der Waals surface area contributed by atoms with E-state index in [0.29, 0.717) is 12.0 Å². The number of allylic oxidation sites excluding steroid dienone is 1. The third kappa shape index (κ3) is 3.67. The summed E-state index contributed by atoms with van der Waals surface area (Å²) >= 11 is 0. The molecule has 0 bridgehead atoms. The molecule has 0 radical (unpaired) electrons. The van der Waals surface area contributed by atoms with E-state index in [4.69, 9.17) is 0 Å². The first-order valence-electron chi connectivity index (χ1n) is 9.20. The number of halogens is 1. The van der Waals surface area contributed by atoms with E-state index in [9.17, 15) is 4.39 Å². The molecule has 1 saturated heterocycles. The molecular weight excluding hydrogens is 355 g/mol. The van der Waals surface area contributed by atoms with Crippen molar-refractivity contribution >= 4 is 11.5 Å². The number of aromatic nitrogens is 4. The van der Waals surface area contributed by atoms with Gasteiger partial charge in [0.1, 0.15) is 18.0 Å². The Bertz CT molecular complexity index is 1070. The van der Waals surface area contributed by atoms with Gasteiger partial charge in [-0.15, -0.1) is 21.2 Å². The monoisotopic (exact) mass is 376 g/mol. The molecule has 3 aromatic rings. The Labute approximate surface area is 163 Å². The van der Waals surface area contributed by atoms with E-state index in [1.165, 1.54) is 6.07 Å². The number of fused-ring (bicyclic) bond motifs is 1. The summed E-state index contributed by atoms with van der Waals surface area (Å²) in [5.41, 5.74) is 3.23. The highest BCUT2D eigenvalue weighted by atomic mass is 19.1. The van der Waals surface area contributed by atoms with Gasteiger partial charge in [0, 0.05) is 38.3 Å². The van der Waals surface area contributed by atoms with E-state index in [1.54, 1.807) is 23.8 Å². The van der Waals surface area contributed by atoms with E-state index in [2.05, 4.69) is 43.5 Å². The Morgan fingerprint density at radius 2 is 2.00 bits per heavy atom. The minimum Gasteiger partial charge on any atom is -0.371 e. The van der Waals surface area contributed by atoms with Gasteiger partial charge in [0.05, 0.1) is 5.56 Å². The van der Waals surface area contributed by atoms with Crippen LogP contribution in [-0.2, 0) is 6.42 Å². The van der Waals surface area contributed by atoms with E-state index >= 15 is 0 Å². The van der Waals surface area contributed by atoms with Crippen LogP contribution in [0.15, 0.2) is 48.9 Å². The van der Waals surface area contributed by atoms with Crippen molar-refractivity contribution in [2.45, 2.75) is 13.3 Å². The maximum Gasteiger partial charge on any atom is 0.177 e. The molecule has 1 aromatic carbocycles. The van der Waals surface area contributed by atoms with Crippen LogP contribution < -0.4 is 4.90 Å². The predicted octanol–water partition coefficient (Wildman–Crippen LogP) is 2.51. The molecule has 0 aliphatic carbocycles. The molecule has 0 unspecified atom stereocenters. The smallest absolute Gasteiger partial charge is 0.177 e. The molecular formula is C21H21FN6. The van der Waals surface area contributed by atoms with Crippen molar-refractivity contribution in [2.75, 3.05) is 31.1 Å². The Morgan fingerprint density at radius 3 is 2.79 bits per heavy atom. The number of hydrogen-bond acceptors (Lipinski definition) is 5. The van der Waals surface area contributed by atoms with E-state index < -0.39 is 0 Å². The molecule has 7 heteroatoms. The van der Waals surface area contributed by atoms with Gasteiger partial charge in [-0.1, -0.05) is 18.6 Å². The zero-order valence-corrected chi connectivity index (χ0v) is 15.8. The van der Waals surface area contributed by atoms with Crippen LogP contribution in [0.1, 0.15) is 18.1 Å². The quantitative estimate of drug-likeness (QED) is 0.655. The van der Waals surface area contributed by atoms with Crippen LogP contribution in [0, 0.1) is 17.7 Å². The lowest BCUT2D eigenvalue weighted by Gasteiger charge is -2.37. The summed E-state index contributed by atoms with van der Waals surface area (Å²) in [4.78, 5) is 4.53. The third-order valence-corrected chi connectivity index (χ3v) is 4.90. The fourth-order valence-electron chi connectivity index (χ4n) is 3.40. The summed E-state index contributed by atoms with van der Waals surface area (Å²) in [5.74, 6) is 6.20. The van der Waals surface area contributed by atoms with E-state index in [0.717, 1.165) is 48.9 Å². The Hall–Kier alpha value is -3.40. The summed E-state index contributed by atoms with van der Waals surface area (Å²) in [6.45, 7) is 9.40. The lowest BCUT2D eigenvalue weighted by Crippen LogP contribution is -2.46. The fraction of sp³-hybridized carbons (Fsp3) is 0.286. The highest BCUT2D eigenvalue weighted by Crippen LogP contribution is 2.19. The first-order valence-corrected chi connectivity index (χ1v) is 9.20. The van der Waals surface area contributed by atoms with Crippen molar-refractivity contribution in [3.63, 3.8) is 0 Å². The molecule has 0 saturated carbocycles. The second-order valence-electron chi connectivity index (χ2n) is 6.73. The molecule has 1 aliphatic heterocycles. The van der Waals surface area contributed by atoms with Crippen LogP contribution in [0.2, 0.25) is 0 Å². The minimum absolute atomic E-state index is 0.283. The molecule has 4 rings (SSSR count). The molecule has 142 valence electrons. The largest absolute Gasteiger partial charge is 0.371 e. The van der Waals surface area contributed by atoms with Gasteiger partial charge in [0.2, 0.25) is 0 Å². The van der Waals surface area contributed by atoms with E-state index in [-0.39, 0.29) is 5.82 Å². The van der Waals surface area contributed by atoms with Crippen molar-refractivity contribution in [2.24, 2.45) is 0 Å². The normalized spacial score (nSPS) is 14.1. The number of benzene rings is 1. The Morgan fingerprint density at radius 1 is 1.18 bits per heavy atom. The van der Waals surface area contributed by atoms with Crippen LogP contribution in [0.5, 0.6) is 0 Å². The topological polar surface area (TPSA) is 49.6 Å². The highest BCUT2D eigenvalue weighted by Gasteiger charge is 2.19. The second kappa shape index (κ2) is 7.69. The number of nitrogens with zero attached hydrogens (tertiary/aromatic N) is 6. The number of anilines is 1. The number of piperazine rings is 1. The van der Waals surface area contributed by atoms with Gasteiger partial charge in [-0.05, 0) is 36.8 Å². The van der Waals surface area contributed by atoms with Crippen molar-refractivity contribution < 1.29 is 4.39 Å². The molecule has 0 N–H and O–H groups in total. The Kier molecular flexibility index (Phi) is 4.94. The van der Waals surface area contributed by atoms with Gasteiger partial charge >= 0.3 is 0 Å². The molecule has 2 aromatic heterocycles. The van der Waals surface area contributed by atoms with Gasteiger partial charge in [-0.3, -0.25) is 0 Å². The molecule has 1 aliphatic rings. The Balaban J connectivity index is 1.38. The van der Waals surface area contributed by atoms with E-state index in [1.807, 2.05) is 18.2 Å². The summed E-state index contributed by atoms with van der Waals surface area (Å²) in [6.07, 6.45) is 2.29. The van der Waals surface area contributed by atoms with Crippen molar-refractivity contribution in [1.29, 1.82) is 0 Å². The number of hydrogen-bond donors (Lipinski definition) is 0. The van der Waals surface area contributed by atoms with Gasteiger partial charge in [0.15, 0.2) is 5.65 Å². The van der Waals surface area contributed by atoms with Crippen LogP contribution in [0.4, 0.5) is 10.2 Å². The zero-order chi connectivity index (χ0) is 19.5. The van der Waals surface area contributed by atoms with Gasteiger partial charge in [-0.25, -0.2) is 4.39 Å². The molecule has 3 heterocycles. The minimum atomic E-state index is -0.283. The molecule has 1 fully saturated rings. The molecule has 0 amide bonds. The molecule has 6 nitrogen and oxygen atoms in total. The van der Waals surface area contributed by atoms with Gasteiger partial charge in [-0.2, -0.15) is 4.52 Å². The summed E-state index contributed by atoms with van der Waals surface area (Å²) in [7, 11) is 0. The third-order valence-electron chi connectivity index (χ3n) is 4.90. The van der Waals surface area contributed by atoms with Crippen LogP contribution in [-0.4, -0.2) is 50.9 Å². The zero-order valence-electron chi connectivity index (χ0n) is 15.8. The van der Waals surface area contributed by atoms with Crippen LogP contribution in [0.3, 0.4) is 0 Å². The van der Waals surface area contributed by atoms with Gasteiger partial charge < -0.3 is 9.80 Å². The lowest BCUT2D eigenvalue weighted by atomic mass is 10.1. The first-order chi connectivity index (χ1) is 13.6. The first kappa shape index (κ1) is 18.0. The number of rotatable bonds is 4. The SMILES string of the molecule is C=C(Cc1ccc(F)c(C#CC)c1)N1CCN(c2ccc3nncn3n2)CC1.